The van der Waals surface area contributed by atoms with Gasteiger partial charge in [-0.1, -0.05) is 18.2 Å². The SMILES string of the molecule is COC(=O)c1nc(-c2[nH]nc3c(C)ccc(C)c23)sc1-c1cccnc1. The van der Waals surface area contributed by atoms with Crippen LogP contribution in [-0.2, 0) is 4.74 Å². The largest absolute Gasteiger partial charge is 0.464 e. The zero-order valence-corrected chi connectivity index (χ0v) is 15.3. The van der Waals surface area contributed by atoms with Gasteiger partial charge in [0.15, 0.2) is 5.69 Å². The molecule has 1 N–H and O–H groups in total. The summed E-state index contributed by atoms with van der Waals surface area (Å²) in [4.78, 5) is 21.7. The molecule has 0 aliphatic rings. The van der Waals surface area contributed by atoms with Gasteiger partial charge in [-0.25, -0.2) is 9.78 Å². The predicted octanol–water partition coefficient (Wildman–Crippen LogP) is 4.15. The number of aromatic amines is 1. The predicted molar refractivity (Wildman–Crippen MR) is 101 cm³/mol. The van der Waals surface area contributed by atoms with Crippen LogP contribution in [0, 0.1) is 13.8 Å². The van der Waals surface area contributed by atoms with Gasteiger partial charge in [0.1, 0.15) is 10.7 Å². The first-order chi connectivity index (χ1) is 12.6. The van der Waals surface area contributed by atoms with Crippen molar-refractivity contribution >= 4 is 28.2 Å². The third-order valence-electron chi connectivity index (χ3n) is 4.26. The number of ether oxygens (including phenoxy) is 1. The summed E-state index contributed by atoms with van der Waals surface area (Å²) >= 11 is 1.42. The van der Waals surface area contributed by atoms with E-state index >= 15 is 0 Å². The van der Waals surface area contributed by atoms with Gasteiger partial charge in [0.2, 0.25) is 0 Å². The minimum atomic E-state index is -0.469. The fourth-order valence-corrected chi connectivity index (χ4v) is 3.98. The topological polar surface area (TPSA) is 80.8 Å². The monoisotopic (exact) mass is 364 g/mol. The summed E-state index contributed by atoms with van der Waals surface area (Å²) in [6.07, 6.45) is 3.40. The van der Waals surface area contributed by atoms with Crippen molar-refractivity contribution in [2.45, 2.75) is 13.8 Å². The Balaban J connectivity index is 1.96. The normalized spacial score (nSPS) is 11.0. The van der Waals surface area contributed by atoms with E-state index in [0.29, 0.717) is 5.01 Å². The van der Waals surface area contributed by atoms with Crippen molar-refractivity contribution in [3.8, 4) is 21.1 Å². The summed E-state index contributed by atoms with van der Waals surface area (Å²) < 4.78 is 4.92. The van der Waals surface area contributed by atoms with Gasteiger partial charge in [-0.3, -0.25) is 10.1 Å². The van der Waals surface area contributed by atoms with Crippen LogP contribution in [-0.4, -0.2) is 33.2 Å². The van der Waals surface area contributed by atoms with Gasteiger partial charge < -0.3 is 4.74 Å². The molecule has 0 spiro atoms. The van der Waals surface area contributed by atoms with E-state index in [2.05, 4.69) is 26.2 Å². The van der Waals surface area contributed by atoms with E-state index in [1.54, 1.807) is 12.4 Å². The molecule has 0 saturated heterocycles. The number of methoxy groups -OCH3 is 1. The number of thiazole rings is 1. The number of rotatable bonds is 3. The second-order valence-corrected chi connectivity index (χ2v) is 6.95. The van der Waals surface area contributed by atoms with Crippen LogP contribution in [0.1, 0.15) is 21.6 Å². The lowest BCUT2D eigenvalue weighted by atomic mass is 10.1. The Labute approximate surface area is 153 Å². The number of aromatic nitrogens is 4. The lowest BCUT2D eigenvalue weighted by Gasteiger charge is -2.00. The van der Waals surface area contributed by atoms with Crippen LogP contribution in [0.5, 0.6) is 0 Å². The molecule has 3 heterocycles. The van der Waals surface area contributed by atoms with Crippen LogP contribution < -0.4 is 0 Å². The molecule has 130 valence electrons. The van der Waals surface area contributed by atoms with E-state index in [1.807, 2.05) is 32.0 Å². The molecule has 26 heavy (non-hydrogen) atoms. The van der Waals surface area contributed by atoms with Crippen molar-refractivity contribution in [2.75, 3.05) is 7.11 Å². The highest BCUT2D eigenvalue weighted by atomic mass is 32.1. The Morgan fingerprint density at radius 1 is 1.19 bits per heavy atom. The fourth-order valence-electron chi connectivity index (χ4n) is 2.93. The first kappa shape index (κ1) is 16.4. The smallest absolute Gasteiger partial charge is 0.358 e. The molecule has 7 heteroatoms. The van der Waals surface area contributed by atoms with E-state index in [0.717, 1.165) is 38.2 Å². The van der Waals surface area contributed by atoms with Gasteiger partial charge in [0.25, 0.3) is 0 Å². The third-order valence-corrected chi connectivity index (χ3v) is 5.38. The van der Waals surface area contributed by atoms with Crippen LogP contribution >= 0.6 is 11.3 Å². The number of aryl methyl sites for hydroxylation is 2. The number of carbonyl (C=O) groups excluding carboxylic acids is 1. The molecular formula is C19H16N4O2S. The standard InChI is InChI=1S/C19H16N4O2S/c1-10-6-7-11(2)14-13(10)15(23-22-14)18-21-16(19(24)25-3)17(26-18)12-5-4-8-20-9-12/h4-9H,1-3H3,(H,22,23). The summed E-state index contributed by atoms with van der Waals surface area (Å²) in [5.74, 6) is -0.469. The summed E-state index contributed by atoms with van der Waals surface area (Å²) in [5.41, 5.74) is 5.03. The number of nitrogens with zero attached hydrogens (tertiary/aromatic N) is 3. The van der Waals surface area contributed by atoms with E-state index in [4.69, 9.17) is 4.74 Å². The molecule has 0 aliphatic heterocycles. The second-order valence-electron chi connectivity index (χ2n) is 5.95. The zero-order valence-electron chi connectivity index (χ0n) is 14.5. The van der Waals surface area contributed by atoms with Gasteiger partial charge in [-0.2, -0.15) is 5.10 Å². The van der Waals surface area contributed by atoms with Gasteiger partial charge >= 0.3 is 5.97 Å². The molecule has 0 unspecified atom stereocenters. The molecule has 0 amide bonds. The van der Waals surface area contributed by atoms with Crippen LogP contribution in [0.4, 0.5) is 0 Å². The number of fused-ring (bicyclic) bond motifs is 1. The highest BCUT2D eigenvalue weighted by Gasteiger charge is 2.23. The number of hydrogen-bond donors (Lipinski definition) is 1. The van der Waals surface area contributed by atoms with E-state index in [9.17, 15) is 4.79 Å². The quantitative estimate of drug-likeness (QED) is 0.552. The first-order valence-corrected chi connectivity index (χ1v) is 8.86. The highest BCUT2D eigenvalue weighted by molar-refractivity contribution is 7.18. The van der Waals surface area contributed by atoms with Crippen molar-refractivity contribution in [1.29, 1.82) is 0 Å². The summed E-state index contributed by atoms with van der Waals surface area (Å²) in [5, 5.41) is 9.25. The number of esters is 1. The Morgan fingerprint density at radius 3 is 2.73 bits per heavy atom. The molecule has 0 bridgehead atoms. The number of hydrogen-bond acceptors (Lipinski definition) is 6. The minimum absolute atomic E-state index is 0.286. The maximum Gasteiger partial charge on any atom is 0.358 e. The van der Waals surface area contributed by atoms with Crippen LogP contribution in [0.15, 0.2) is 36.7 Å². The fraction of sp³-hybridized carbons (Fsp3) is 0.158. The molecule has 0 saturated carbocycles. The summed E-state index contributed by atoms with van der Waals surface area (Å²) in [7, 11) is 1.35. The minimum Gasteiger partial charge on any atom is -0.464 e. The number of benzene rings is 1. The first-order valence-electron chi connectivity index (χ1n) is 8.04. The molecule has 3 aromatic heterocycles. The number of nitrogens with one attached hydrogen (secondary N) is 1. The number of carbonyl (C=O) groups is 1. The summed E-state index contributed by atoms with van der Waals surface area (Å²) in [6.45, 7) is 4.06. The Kier molecular flexibility index (Phi) is 4.00. The average Bonchev–Trinajstić information content (AvgIpc) is 3.30. The van der Waals surface area contributed by atoms with Crippen LogP contribution in [0.25, 0.3) is 32.0 Å². The van der Waals surface area contributed by atoms with Gasteiger partial charge in [0, 0.05) is 23.3 Å². The number of pyridine rings is 1. The van der Waals surface area contributed by atoms with Gasteiger partial charge in [-0.15, -0.1) is 11.3 Å². The highest BCUT2D eigenvalue weighted by Crippen LogP contribution is 2.38. The third kappa shape index (κ3) is 2.57. The maximum atomic E-state index is 12.3. The molecule has 6 nitrogen and oxygen atoms in total. The second kappa shape index (κ2) is 6.34. The number of H-pyrrole nitrogens is 1. The van der Waals surface area contributed by atoms with Gasteiger partial charge in [-0.05, 0) is 31.0 Å². The van der Waals surface area contributed by atoms with Gasteiger partial charge in [0.05, 0.1) is 17.5 Å². The molecule has 4 aromatic rings. The maximum absolute atomic E-state index is 12.3. The average molecular weight is 364 g/mol. The molecule has 0 radical (unpaired) electrons. The Morgan fingerprint density at radius 2 is 2.00 bits per heavy atom. The van der Waals surface area contributed by atoms with Crippen LogP contribution in [0.2, 0.25) is 0 Å². The summed E-state index contributed by atoms with van der Waals surface area (Å²) in [6, 6.07) is 7.84. The van der Waals surface area contributed by atoms with Crippen molar-refractivity contribution in [3.63, 3.8) is 0 Å². The van der Waals surface area contributed by atoms with Crippen molar-refractivity contribution in [1.82, 2.24) is 20.2 Å². The van der Waals surface area contributed by atoms with E-state index in [1.165, 1.54) is 18.4 Å². The zero-order chi connectivity index (χ0) is 18.3. The van der Waals surface area contributed by atoms with E-state index in [-0.39, 0.29) is 5.69 Å². The Bertz CT molecular complexity index is 1120. The molecule has 4 rings (SSSR count). The molecule has 0 atom stereocenters. The molecule has 0 aliphatic carbocycles. The van der Waals surface area contributed by atoms with Crippen molar-refractivity contribution < 1.29 is 9.53 Å². The van der Waals surface area contributed by atoms with E-state index < -0.39 is 5.97 Å². The van der Waals surface area contributed by atoms with Crippen molar-refractivity contribution in [2.24, 2.45) is 0 Å². The van der Waals surface area contributed by atoms with Crippen molar-refractivity contribution in [3.05, 3.63) is 53.5 Å². The van der Waals surface area contributed by atoms with Crippen LogP contribution in [0.3, 0.4) is 0 Å². The molecule has 1 aromatic carbocycles. The Hall–Kier alpha value is -3.06. The lowest BCUT2D eigenvalue weighted by Crippen LogP contribution is -2.03. The lowest BCUT2D eigenvalue weighted by molar-refractivity contribution is 0.0596. The molecule has 0 fully saturated rings. The molecular weight excluding hydrogens is 348 g/mol.